The van der Waals surface area contributed by atoms with Crippen molar-refractivity contribution < 1.29 is 19.1 Å². The van der Waals surface area contributed by atoms with E-state index in [0.29, 0.717) is 24.0 Å². The highest BCUT2D eigenvalue weighted by molar-refractivity contribution is 6.08. The van der Waals surface area contributed by atoms with Crippen molar-refractivity contribution >= 4 is 22.7 Å². The number of carbonyl (C=O) groups excluding carboxylic acids is 2. The molecule has 4 aromatic carbocycles. The molecular weight excluding hydrogens is 496 g/mol. The van der Waals surface area contributed by atoms with E-state index in [9.17, 15) is 9.59 Å². The molecule has 0 aromatic heterocycles. The van der Waals surface area contributed by atoms with E-state index in [4.69, 9.17) is 9.47 Å². The molecule has 0 aliphatic heterocycles. The molecule has 0 heterocycles. The zero-order valence-electron chi connectivity index (χ0n) is 23.0. The van der Waals surface area contributed by atoms with Crippen LogP contribution in [0.15, 0.2) is 107 Å². The summed E-state index contributed by atoms with van der Waals surface area (Å²) in [5.74, 6) is -0.843. The molecule has 0 amide bonds. The van der Waals surface area contributed by atoms with Crippen LogP contribution in [0.2, 0.25) is 0 Å². The van der Waals surface area contributed by atoms with Gasteiger partial charge in [0.25, 0.3) is 0 Å². The van der Waals surface area contributed by atoms with Gasteiger partial charge < -0.3 is 9.47 Å². The van der Waals surface area contributed by atoms with Gasteiger partial charge in [0.2, 0.25) is 0 Å². The molecule has 0 atom stereocenters. The van der Waals surface area contributed by atoms with Crippen molar-refractivity contribution in [1.82, 2.24) is 0 Å². The maximum absolute atomic E-state index is 13.0. The van der Waals surface area contributed by atoms with Crippen molar-refractivity contribution in [3.63, 3.8) is 0 Å². The topological polar surface area (TPSA) is 52.6 Å². The SMILES string of the molecule is CCOC(=O)C1=C(C(=O)OCC)CC2=C(C1)Cc1c(c(-c3ccccc3)c3ccccc3c1-c1ccccc1)C2. The Hall–Kier alpha value is -4.44. The van der Waals surface area contributed by atoms with Gasteiger partial charge in [-0.15, -0.1) is 0 Å². The van der Waals surface area contributed by atoms with Gasteiger partial charge in [-0.2, -0.15) is 0 Å². The van der Waals surface area contributed by atoms with Gasteiger partial charge in [-0.05, 0) is 70.8 Å². The second-order valence-electron chi connectivity index (χ2n) is 10.3. The van der Waals surface area contributed by atoms with Gasteiger partial charge >= 0.3 is 11.9 Å². The van der Waals surface area contributed by atoms with Crippen molar-refractivity contribution in [1.29, 1.82) is 0 Å². The van der Waals surface area contributed by atoms with Gasteiger partial charge in [-0.3, -0.25) is 0 Å². The summed E-state index contributed by atoms with van der Waals surface area (Å²) in [5.41, 5.74) is 10.7. The third-order valence-electron chi connectivity index (χ3n) is 8.03. The zero-order valence-corrected chi connectivity index (χ0v) is 23.0. The Morgan fingerprint density at radius 1 is 0.550 bits per heavy atom. The minimum atomic E-state index is -0.422. The van der Waals surface area contributed by atoms with E-state index in [-0.39, 0.29) is 13.2 Å². The molecule has 2 aliphatic rings. The summed E-state index contributed by atoms with van der Waals surface area (Å²) in [6.45, 7) is 4.10. The van der Waals surface area contributed by atoms with Crippen molar-refractivity contribution in [3.8, 4) is 22.3 Å². The normalized spacial score (nSPS) is 14.6. The lowest BCUT2D eigenvalue weighted by Crippen LogP contribution is -2.24. The van der Waals surface area contributed by atoms with E-state index in [1.807, 2.05) is 12.1 Å². The number of hydrogen-bond acceptors (Lipinski definition) is 4. The van der Waals surface area contributed by atoms with Crippen LogP contribution in [-0.4, -0.2) is 25.2 Å². The maximum atomic E-state index is 13.0. The van der Waals surface area contributed by atoms with E-state index in [0.717, 1.165) is 12.8 Å². The van der Waals surface area contributed by atoms with E-state index >= 15 is 0 Å². The number of fused-ring (bicyclic) bond motifs is 2. The molecule has 6 rings (SSSR count). The molecule has 0 N–H and O–H groups in total. The molecule has 40 heavy (non-hydrogen) atoms. The average molecular weight is 529 g/mol. The third-order valence-corrected chi connectivity index (χ3v) is 8.03. The van der Waals surface area contributed by atoms with Crippen molar-refractivity contribution in [2.75, 3.05) is 13.2 Å². The summed E-state index contributed by atoms with van der Waals surface area (Å²) in [7, 11) is 0. The lowest BCUT2D eigenvalue weighted by molar-refractivity contribution is -0.142. The summed E-state index contributed by atoms with van der Waals surface area (Å²) in [6, 6.07) is 29.8. The highest BCUT2D eigenvalue weighted by Gasteiger charge is 2.34. The first-order chi connectivity index (χ1) is 19.6. The summed E-state index contributed by atoms with van der Waals surface area (Å²) in [6.07, 6.45) is 2.25. The van der Waals surface area contributed by atoms with Crippen LogP contribution in [0.5, 0.6) is 0 Å². The van der Waals surface area contributed by atoms with Crippen LogP contribution in [0, 0.1) is 0 Å². The fourth-order valence-electron chi connectivity index (χ4n) is 6.32. The molecule has 0 saturated carbocycles. The van der Waals surface area contributed by atoms with Crippen LogP contribution in [0.25, 0.3) is 33.0 Å². The third kappa shape index (κ3) is 4.54. The van der Waals surface area contributed by atoms with Gasteiger partial charge in [-0.25, -0.2) is 9.59 Å². The number of carbonyl (C=O) groups is 2. The second-order valence-corrected chi connectivity index (χ2v) is 10.3. The Morgan fingerprint density at radius 3 is 1.30 bits per heavy atom. The molecule has 4 aromatic rings. The number of allylic oxidation sites excluding steroid dienone is 2. The van der Waals surface area contributed by atoms with Gasteiger partial charge in [0.15, 0.2) is 0 Å². The summed E-state index contributed by atoms with van der Waals surface area (Å²) in [4.78, 5) is 26.1. The Kier molecular flexibility index (Phi) is 7.08. The Morgan fingerprint density at radius 2 is 0.925 bits per heavy atom. The van der Waals surface area contributed by atoms with Gasteiger partial charge in [0.05, 0.1) is 24.4 Å². The number of benzene rings is 4. The minimum absolute atomic E-state index is 0.262. The molecule has 0 fully saturated rings. The Balaban J connectivity index is 1.57. The van der Waals surface area contributed by atoms with Crippen LogP contribution in [0.4, 0.5) is 0 Å². The van der Waals surface area contributed by atoms with Crippen molar-refractivity contribution in [2.24, 2.45) is 0 Å². The molecule has 2 aliphatic carbocycles. The van der Waals surface area contributed by atoms with E-state index in [2.05, 4.69) is 72.8 Å². The van der Waals surface area contributed by atoms with E-state index in [1.165, 1.54) is 55.3 Å². The number of esters is 2. The lowest BCUT2D eigenvalue weighted by atomic mass is 9.71. The molecule has 0 spiro atoms. The summed E-state index contributed by atoms with van der Waals surface area (Å²) < 4.78 is 10.8. The molecule has 0 unspecified atom stereocenters. The van der Waals surface area contributed by atoms with Crippen LogP contribution in [0.1, 0.15) is 37.8 Å². The van der Waals surface area contributed by atoms with Crippen LogP contribution < -0.4 is 0 Å². The standard InChI is InChI=1S/C36H32O4/c1-3-39-35(37)31-21-25-19-29-30(20-26(25)22-32(31)36(38)40-4-2)34(24-15-9-6-10-16-24)28-18-12-11-17-27(28)33(29)23-13-7-5-8-14-23/h5-18H,3-4,19-22H2,1-2H3. The predicted octanol–water partition coefficient (Wildman–Crippen LogP) is 7.79. The van der Waals surface area contributed by atoms with Crippen LogP contribution in [-0.2, 0) is 31.9 Å². The number of hydrogen-bond donors (Lipinski definition) is 0. The highest BCUT2D eigenvalue weighted by atomic mass is 16.5. The van der Waals surface area contributed by atoms with Crippen LogP contribution in [0.3, 0.4) is 0 Å². The molecule has 4 nitrogen and oxygen atoms in total. The first-order valence-electron chi connectivity index (χ1n) is 14.0. The Labute approximate surface area is 234 Å². The second kappa shape index (κ2) is 11.0. The minimum Gasteiger partial charge on any atom is -0.463 e. The predicted molar refractivity (Wildman–Crippen MR) is 159 cm³/mol. The summed E-state index contributed by atoms with van der Waals surface area (Å²) >= 11 is 0. The maximum Gasteiger partial charge on any atom is 0.334 e. The molecule has 200 valence electrons. The molecule has 0 radical (unpaired) electrons. The van der Waals surface area contributed by atoms with Crippen LogP contribution >= 0.6 is 0 Å². The quantitative estimate of drug-likeness (QED) is 0.189. The molecule has 4 heteroatoms. The fourth-order valence-corrected chi connectivity index (χ4v) is 6.32. The molecule has 0 bridgehead atoms. The van der Waals surface area contributed by atoms with Gasteiger partial charge in [-0.1, -0.05) is 96.1 Å². The average Bonchev–Trinajstić information content (AvgIpc) is 2.99. The highest BCUT2D eigenvalue weighted by Crippen LogP contribution is 2.48. The lowest BCUT2D eigenvalue weighted by Gasteiger charge is -2.33. The summed E-state index contributed by atoms with van der Waals surface area (Å²) in [5, 5.41) is 2.44. The zero-order chi connectivity index (χ0) is 27.6. The Bertz CT molecular complexity index is 1550. The first-order valence-corrected chi connectivity index (χ1v) is 14.0. The first kappa shape index (κ1) is 25.8. The van der Waals surface area contributed by atoms with Crippen molar-refractivity contribution in [3.05, 3.63) is 118 Å². The fraction of sp³-hybridized carbons (Fsp3) is 0.222. The largest absolute Gasteiger partial charge is 0.463 e. The van der Waals surface area contributed by atoms with Gasteiger partial charge in [0, 0.05) is 12.8 Å². The van der Waals surface area contributed by atoms with E-state index in [1.54, 1.807) is 13.8 Å². The smallest absolute Gasteiger partial charge is 0.334 e. The molecule has 0 saturated heterocycles. The monoisotopic (exact) mass is 528 g/mol. The molecular formula is C36H32O4. The number of ether oxygens (including phenoxy) is 2. The van der Waals surface area contributed by atoms with E-state index < -0.39 is 11.9 Å². The number of rotatable bonds is 6. The van der Waals surface area contributed by atoms with Gasteiger partial charge in [0.1, 0.15) is 0 Å². The van der Waals surface area contributed by atoms with Crippen molar-refractivity contribution in [2.45, 2.75) is 39.5 Å².